The number of aromatic amines is 1. The minimum atomic E-state index is -4.40. The van der Waals surface area contributed by atoms with E-state index in [-0.39, 0.29) is 4.77 Å². The van der Waals surface area contributed by atoms with E-state index in [9.17, 15) is 13.2 Å². The van der Waals surface area contributed by atoms with Gasteiger partial charge in [0, 0.05) is 4.47 Å². The van der Waals surface area contributed by atoms with Crippen LogP contribution in [0.15, 0.2) is 22.7 Å². The van der Waals surface area contributed by atoms with Crippen molar-refractivity contribution >= 4 is 28.1 Å². The van der Waals surface area contributed by atoms with Gasteiger partial charge in [-0.05, 0) is 37.3 Å². The van der Waals surface area contributed by atoms with Gasteiger partial charge in [0.2, 0.25) is 0 Å². The fraction of sp³-hybridized carbons (Fsp3) is 0.200. The Bertz CT molecular complexity index is 645. The molecule has 0 aliphatic rings. The van der Waals surface area contributed by atoms with Crippen LogP contribution in [0.25, 0.3) is 5.69 Å². The van der Waals surface area contributed by atoms with Gasteiger partial charge in [0.25, 0.3) is 0 Å². The van der Waals surface area contributed by atoms with Crippen molar-refractivity contribution < 1.29 is 13.2 Å². The molecule has 96 valence electrons. The number of halogens is 4. The topological polar surface area (TPSA) is 33.6 Å². The van der Waals surface area contributed by atoms with Gasteiger partial charge in [-0.1, -0.05) is 15.9 Å². The smallest absolute Gasteiger partial charge is 0.272 e. The molecule has 18 heavy (non-hydrogen) atoms. The van der Waals surface area contributed by atoms with Crippen molar-refractivity contribution in [3.8, 4) is 5.69 Å². The van der Waals surface area contributed by atoms with Gasteiger partial charge in [-0.2, -0.15) is 18.3 Å². The summed E-state index contributed by atoms with van der Waals surface area (Å²) in [6, 6.07) is 3.60. The minimum absolute atomic E-state index is 0.249. The van der Waals surface area contributed by atoms with Crippen LogP contribution in [0.4, 0.5) is 13.2 Å². The van der Waals surface area contributed by atoms with Gasteiger partial charge >= 0.3 is 6.18 Å². The molecule has 0 saturated carbocycles. The van der Waals surface area contributed by atoms with Crippen molar-refractivity contribution in [2.24, 2.45) is 0 Å². The number of rotatable bonds is 1. The van der Waals surface area contributed by atoms with E-state index < -0.39 is 11.7 Å². The lowest BCUT2D eigenvalue weighted by molar-refractivity contribution is -0.137. The van der Waals surface area contributed by atoms with Crippen LogP contribution < -0.4 is 0 Å². The largest absolute Gasteiger partial charge is 0.416 e. The molecule has 0 aliphatic heterocycles. The van der Waals surface area contributed by atoms with Crippen LogP contribution >= 0.6 is 28.1 Å². The van der Waals surface area contributed by atoms with E-state index in [1.165, 1.54) is 4.57 Å². The van der Waals surface area contributed by atoms with E-state index >= 15 is 0 Å². The molecule has 1 N–H and O–H groups in total. The van der Waals surface area contributed by atoms with Crippen LogP contribution in [-0.2, 0) is 6.18 Å². The summed E-state index contributed by atoms with van der Waals surface area (Å²) in [5.41, 5.74) is -0.428. The number of hydrogen-bond acceptors (Lipinski definition) is 2. The zero-order valence-electron chi connectivity index (χ0n) is 9.05. The van der Waals surface area contributed by atoms with Crippen LogP contribution in [0.2, 0.25) is 0 Å². The Morgan fingerprint density at radius 1 is 1.33 bits per heavy atom. The molecule has 1 aromatic carbocycles. The summed E-state index contributed by atoms with van der Waals surface area (Å²) in [5, 5.41) is 6.40. The molecule has 2 aromatic rings. The Kier molecular flexibility index (Phi) is 3.33. The van der Waals surface area contributed by atoms with Gasteiger partial charge in [0.1, 0.15) is 5.82 Å². The van der Waals surface area contributed by atoms with E-state index in [1.54, 1.807) is 13.0 Å². The summed E-state index contributed by atoms with van der Waals surface area (Å²) in [5.74, 6) is 0.492. The summed E-state index contributed by atoms with van der Waals surface area (Å²) >= 11 is 8.05. The molecular weight excluding hydrogens is 331 g/mol. The van der Waals surface area contributed by atoms with Crippen molar-refractivity contribution in [1.82, 2.24) is 14.8 Å². The molecule has 3 nitrogen and oxygen atoms in total. The zero-order chi connectivity index (χ0) is 13.5. The van der Waals surface area contributed by atoms with Crippen LogP contribution in [-0.4, -0.2) is 14.8 Å². The standard InChI is InChI=1S/C10H7BrF3N3S/c1-5-15-16-9(18)17(5)8-3-6(10(12,13)14)2-7(11)4-8/h2-4H,1H3,(H,16,18). The van der Waals surface area contributed by atoms with Gasteiger partial charge in [-0.25, -0.2) is 0 Å². The average Bonchev–Trinajstić information content (AvgIpc) is 2.56. The molecule has 0 atom stereocenters. The maximum Gasteiger partial charge on any atom is 0.416 e. The quantitative estimate of drug-likeness (QED) is 0.797. The average molecular weight is 338 g/mol. The first-order valence-corrected chi connectivity index (χ1v) is 6.01. The highest BCUT2D eigenvalue weighted by molar-refractivity contribution is 9.10. The van der Waals surface area contributed by atoms with Crippen molar-refractivity contribution in [1.29, 1.82) is 0 Å². The Labute approximate surface area is 114 Å². The highest BCUT2D eigenvalue weighted by atomic mass is 79.9. The van der Waals surface area contributed by atoms with Crippen LogP contribution in [0.1, 0.15) is 11.4 Å². The Hall–Kier alpha value is -1.15. The van der Waals surface area contributed by atoms with Crippen LogP contribution in [0, 0.1) is 11.7 Å². The second kappa shape index (κ2) is 4.51. The lowest BCUT2D eigenvalue weighted by atomic mass is 10.2. The fourth-order valence-electron chi connectivity index (χ4n) is 1.55. The van der Waals surface area contributed by atoms with Crippen LogP contribution in [0.5, 0.6) is 0 Å². The summed E-state index contributed by atoms with van der Waals surface area (Å²) in [6.45, 7) is 1.65. The number of nitrogens with one attached hydrogen (secondary N) is 1. The second-order valence-electron chi connectivity index (χ2n) is 3.61. The van der Waals surface area contributed by atoms with E-state index in [0.29, 0.717) is 16.0 Å². The maximum atomic E-state index is 12.7. The Morgan fingerprint density at radius 2 is 2.00 bits per heavy atom. The van der Waals surface area contributed by atoms with Crippen molar-refractivity contribution in [2.75, 3.05) is 0 Å². The van der Waals surface area contributed by atoms with Gasteiger partial charge in [0.05, 0.1) is 11.3 Å². The summed E-state index contributed by atoms with van der Waals surface area (Å²) in [4.78, 5) is 0. The summed E-state index contributed by atoms with van der Waals surface area (Å²) < 4.78 is 40.2. The first-order valence-electron chi connectivity index (χ1n) is 4.81. The van der Waals surface area contributed by atoms with Gasteiger partial charge in [-0.15, -0.1) is 0 Å². The normalized spacial score (nSPS) is 11.8. The van der Waals surface area contributed by atoms with Gasteiger partial charge in [-0.3, -0.25) is 9.67 Å². The number of hydrogen-bond donors (Lipinski definition) is 1. The Morgan fingerprint density at radius 3 is 2.50 bits per heavy atom. The molecule has 0 fully saturated rings. The van der Waals surface area contributed by atoms with Crippen LogP contribution in [0.3, 0.4) is 0 Å². The predicted octanol–water partition coefficient (Wildman–Crippen LogP) is 4.02. The predicted molar refractivity (Wildman–Crippen MR) is 66.2 cm³/mol. The summed E-state index contributed by atoms with van der Waals surface area (Å²) in [7, 11) is 0. The molecule has 0 amide bonds. The first kappa shape index (κ1) is 13.3. The SMILES string of the molecule is Cc1n[nH]c(=S)n1-c1cc(Br)cc(C(F)(F)F)c1. The first-order chi connectivity index (χ1) is 8.29. The number of H-pyrrole nitrogens is 1. The van der Waals surface area contributed by atoms with E-state index in [0.717, 1.165) is 12.1 Å². The van der Waals surface area contributed by atoms with E-state index in [1.807, 2.05) is 0 Å². The van der Waals surface area contributed by atoms with E-state index in [4.69, 9.17) is 12.2 Å². The molecule has 0 unspecified atom stereocenters. The number of alkyl halides is 3. The summed E-state index contributed by atoms with van der Waals surface area (Å²) in [6.07, 6.45) is -4.40. The van der Waals surface area contributed by atoms with E-state index in [2.05, 4.69) is 26.1 Å². The van der Waals surface area contributed by atoms with Crippen molar-refractivity contribution in [3.63, 3.8) is 0 Å². The molecular formula is C10H7BrF3N3S. The highest BCUT2D eigenvalue weighted by Crippen LogP contribution is 2.33. The molecule has 0 radical (unpaired) electrons. The zero-order valence-corrected chi connectivity index (χ0v) is 11.4. The van der Waals surface area contributed by atoms with Gasteiger partial charge < -0.3 is 0 Å². The lowest BCUT2D eigenvalue weighted by Gasteiger charge is -2.11. The number of aromatic nitrogens is 3. The molecule has 0 bridgehead atoms. The molecule has 0 spiro atoms. The second-order valence-corrected chi connectivity index (χ2v) is 4.91. The Balaban J connectivity index is 2.67. The molecule has 1 aromatic heterocycles. The van der Waals surface area contributed by atoms with Crippen molar-refractivity contribution in [3.05, 3.63) is 38.8 Å². The molecule has 2 rings (SSSR count). The lowest BCUT2D eigenvalue weighted by Crippen LogP contribution is -2.07. The maximum absolute atomic E-state index is 12.7. The third-order valence-corrected chi connectivity index (χ3v) is 3.04. The fourth-order valence-corrected chi connectivity index (χ4v) is 2.31. The molecule has 1 heterocycles. The highest BCUT2D eigenvalue weighted by Gasteiger charge is 2.31. The third-order valence-electron chi connectivity index (χ3n) is 2.31. The number of benzene rings is 1. The molecule has 0 aliphatic carbocycles. The molecule has 0 saturated heterocycles. The minimum Gasteiger partial charge on any atom is -0.272 e. The van der Waals surface area contributed by atoms with Crippen molar-refractivity contribution in [2.45, 2.75) is 13.1 Å². The number of nitrogens with zero attached hydrogens (tertiary/aromatic N) is 2. The number of aryl methyl sites for hydroxylation is 1. The molecule has 8 heteroatoms. The van der Waals surface area contributed by atoms with Gasteiger partial charge in [0.15, 0.2) is 4.77 Å². The monoisotopic (exact) mass is 337 g/mol. The third kappa shape index (κ3) is 2.49.